The molecule has 0 aromatic carbocycles. The zero-order valence-electron chi connectivity index (χ0n) is 10.6. The summed E-state index contributed by atoms with van der Waals surface area (Å²) in [4.78, 5) is 14.8. The van der Waals surface area contributed by atoms with E-state index < -0.39 is 5.60 Å². The van der Waals surface area contributed by atoms with Crippen molar-refractivity contribution in [3.63, 3.8) is 0 Å². The van der Waals surface area contributed by atoms with Gasteiger partial charge in [-0.1, -0.05) is 20.8 Å². The third-order valence-corrected chi connectivity index (χ3v) is 4.56. The Kier molecular flexibility index (Phi) is 3.27. The van der Waals surface area contributed by atoms with Gasteiger partial charge in [-0.05, 0) is 29.3 Å². The maximum atomic E-state index is 12.2. The molecule has 3 nitrogen and oxygen atoms in total. The van der Waals surface area contributed by atoms with Gasteiger partial charge in [-0.25, -0.2) is 0 Å². The fourth-order valence-electron chi connectivity index (χ4n) is 2.07. The van der Waals surface area contributed by atoms with Crippen LogP contribution in [0.1, 0.15) is 36.0 Å². The molecule has 1 aliphatic rings. The number of β-amino-alcohol motifs (C(OH)–C–C–N with tert-alkyl or cyclic N) is 1. The fraction of sp³-hybridized carbons (Fsp3) is 0.615. The van der Waals surface area contributed by atoms with E-state index >= 15 is 0 Å². The molecule has 1 aromatic heterocycles. The fourth-order valence-corrected chi connectivity index (χ4v) is 3.03. The number of carbonyl (C=O) groups is 1. The summed E-state index contributed by atoms with van der Waals surface area (Å²) in [5, 5.41) is 12.1. The minimum atomic E-state index is -0.681. The quantitative estimate of drug-likeness (QED) is 0.896. The Balaban J connectivity index is 2.05. The van der Waals surface area contributed by atoms with Gasteiger partial charge < -0.3 is 10.0 Å². The number of amides is 1. The van der Waals surface area contributed by atoms with Crippen molar-refractivity contribution in [2.24, 2.45) is 5.92 Å². The van der Waals surface area contributed by atoms with Crippen LogP contribution in [0, 0.1) is 5.92 Å². The van der Waals surface area contributed by atoms with Crippen molar-refractivity contribution in [3.05, 3.63) is 21.9 Å². The molecule has 0 aliphatic carbocycles. The summed E-state index contributed by atoms with van der Waals surface area (Å²) in [7, 11) is 0. The van der Waals surface area contributed by atoms with Crippen LogP contribution in [0.25, 0.3) is 0 Å². The molecule has 1 aromatic rings. The molecule has 0 bridgehead atoms. The van der Waals surface area contributed by atoms with E-state index in [2.05, 4.69) is 6.92 Å². The van der Waals surface area contributed by atoms with E-state index in [0.29, 0.717) is 13.1 Å². The first-order chi connectivity index (χ1) is 7.98. The van der Waals surface area contributed by atoms with Crippen molar-refractivity contribution in [2.45, 2.75) is 32.8 Å². The number of hydrogen-bond acceptors (Lipinski definition) is 3. The van der Waals surface area contributed by atoms with E-state index in [4.69, 9.17) is 0 Å². The third-order valence-electron chi connectivity index (χ3n) is 3.61. The summed E-state index contributed by atoms with van der Waals surface area (Å²) in [6.45, 7) is 6.96. The molecule has 94 valence electrons. The predicted molar refractivity (Wildman–Crippen MR) is 69.4 cm³/mol. The van der Waals surface area contributed by atoms with E-state index in [1.807, 2.05) is 25.3 Å². The van der Waals surface area contributed by atoms with Crippen LogP contribution >= 0.6 is 11.3 Å². The minimum Gasteiger partial charge on any atom is -0.386 e. The summed E-state index contributed by atoms with van der Waals surface area (Å²) in [6, 6.07) is 2.01. The first-order valence-corrected chi connectivity index (χ1v) is 6.94. The second-order valence-corrected chi connectivity index (χ2v) is 5.96. The maximum absolute atomic E-state index is 12.2. The average molecular weight is 253 g/mol. The maximum Gasteiger partial charge on any atom is 0.264 e. The highest BCUT2D eigenvalue weighted by atomic mass is 32.1. The van der Waals surface area contributed by atoms with Gasteiger partial charge in [-0.3, -0.25) is 4.79 Å². The number of nitrogens with zero attached hydrogens (tertiary/aromatic N) is 1. The van der Waals surface area contributed by atoms with E-state index in [-0.39, 0.29) is 11.8 Å². The van der Waals surface area contributed by atoms with Crippen LogP contribution in [0.5, 0.6) is 0 Å². The van der Waals surface area contributed by atoms with E-state index in [1.54, 1.807) is 4.90 Å². The highest BCUT2D eigenvalue weighted by molar-refractivity contribution is 7.12. The van der Waals surface area contributed by atoms with Gasteiger partial charge in [0.1, 0.15) is 5.60 Å². The SMILES string of the molecule is CCc1ccsc1C(=O)N1CC(O)(C(C)C)C1. The van der Waals surface area contributed by atoms with Crippen molar-refractivity contribution in [1.29, 1.82) is 0 Å². The van der Waals surface area contributed by atoms with Gasteiger partial charge >= 0.3 is 0 Å². The van der Waals surface area contributed by atoms with Crippen molar-refractivity contribution < 1.29 is 9.90 Å². The van der Waals surface area contributed by atoms with Gasteiger partial charge in [0.25, 0.3) is 5.91 Å². The molecule has 0 atom stereocenters. The lowest BCUT2D eigenvalue weighted by molar-refractivity contribution is -0.110. The molecule has 0 saturated carbocycles. The van der Waals surface area contributed by atoms with Crippen LogP contribution in [0.4, 0.5) is 0 Å². The lowest BCUT2D eigenvalue weighted by Gasteiger charge is -2.48. The van der Waals surface area contributed by atoms with Crippen LogP contribution in [0.2, 0.25) is 0 Å². The van der Waals surface area contributed by atoms with Gasteiger partial charge in [0.15, 0.2) is 0 Å². The van der Waals surface area contributed by atoms with Gasteiger partial charge in [-0.15, -0.1) is 11.3 Å². The summed E-state index contributed by atoms with van der Waals surface area (Å²) < 4.78 is 0. The van der Waals surface area contributed by atoms with E-state index in [1.165, 1.54) is 11.3 Å². The minimum absolute atomic E-state index is 0.0715. The Labute approximate surface area is 106 Å². The molecule has 0 radical (unpaired) electrons. The first kappa shape index (κ1) is 12.6. The standard InChI is InChI=1S/C13H19NO2S/c1-4-10-5-6-17-11(10)12(15)14-7-13(16,8-14)9(2)3/h5-6,9,16H,4,7-8H2,1-3H3. The number of rotatable bonds is 3. The van der Waals surface area contributed by atoms with E-state index in [9.17, 15) is 9.90 Å². The second kappa shape index (κ2) is 4.42. The molecule has 1 N–H and O–H groups in total. The molecule has 1 saturated heterocycles. The molecule has 4 heteroatoms. The summed E-state index contributed by atoms with van der Waals surface area (Å²) in [5.41, 5.74) is 0.430. The average Bonchev–Trinajstić information content (AvgIpc) is 2.71. The van der Waals surface area contributed by atoms with E-state index in [0.717, 1.165) is 16.9 Å². The molecular weight excluding hydrogens is 234 g/mol. The topological polar surface area (TPSA) is 40.5 Å². The Bertz CT molecular complexity index is 419. The van der Waals surface area contributed by atoms with Crippen molar-refractivity contribution in [2.75, 3.05) is 13.1 Å². The zero-order chi connectivity index (χ0) is 12.6. The normalized spacial score (nSPS) is 18.3. The highest BCUT2D eigenvalue weighted by Crippen LogP contribution is 2.31. The third kappa shape index (κ3) is 2.11. The second-order valence-electron chi connectivity index (χ2n) is 5.05. The number of likely N-dealkylation sites (tertiary alicyclic amines) is 1. The lowest BCUT2D eigenvalue weighted by Crippen LogP contribution is -2.65. The molecule has 1 aliphatic heterocycles. The lowest BCUT2D eigenvalue weighted by atomic mass is 9.83. The van der Waals surface area contributed by atoms with Gasteiger partial charge in [0.2, 0.25) is 0 Å². The molecule has 0 spiro atoms. The molecule has 17 heavy (non-hydrogen) atoms. The van der Waals surface area contributed by atoms with Gasteiger partial charge in [-0.2, -0.15) is 0 Å². The number of thiophene rings is 1. The smallest absolute Gasteiger partial charge is 0.264 e. The van der Waals surface area contributed by atoms with Crippen LogP contribution in [-0.4, -0.2) is 34.6 Å². The zero-order valence-corrected chi connectivity index (χ0v) is 11.4. The summed E-state index contributed by atoms with van der Waals surface area (Å²) in [5.74, 6) is 0.266. The number of hydrogen-bond donors (Lipinski definition) is 1. The molecule has 2 rings (SSSR count). The Morgan fingerprint density at radius 3 is 2.76 bits per heavy atom. The van der Waals surface area contributed by atoms with Gasteiger partial charge in [0.05, 0.1) is 18.0 Å². The monoisotopic (exact) mass is 253 g/mol. The molecule has 0 unspecified atom stereocenters. The number of aliphatic hydroxyl groups is 1. The van der Waals surface area contributed by atoms with Crippen molar-refractivity contribution in [1.82, 2.24) is 4.90 Å². The molecule has 2 heterocycles. The molecule has 1 fully saturated rings. The number of carbonyl (C=O) groups excluding carboxylic acids is 1. The summed E-state index contributed by atoms with van der Waals surface area (Å²) >= 11 is 1.50. The summed E-state index contributed by atoms with van der Waals surface area (Å²) in [6.07, 6.45) is 0.882. The van der Waals surface area contributed by atoms with Crippen LogP contribution in [-0.2, 0) is 6.42 Å². The predicted octanol–water partition coefficient (Wildman–Crippen LogP) is 2.15. The largest absolute Gasteiger partial charge is 0.386 e. The first-order valence-electron chi connectivity index (χ1n) is 6.06. The Morgan fingerprint density at radius 1 is 1.59 bits per heavy atom. The molecule has 1 amide bonds. The van der Waals surface area contributed by atoms with Gasteiger partial charge in [0, 0.05) is 0 Å². The van der Waals surface area contributed by atoms with Crippen LogP contribution in [0.15, 0.2) is 11.4 Å². The highest BCUT2D eigenvalue weighted by Gasteiger charge is 2.46. The van der Waals surface area contributed by atoms with Crippen LogP contribution in [0.3, 0.4) is 0 Å². The Hall–Kier alpha value is -0.870. The number of aryl methyl sites for hydroxylation is 1. The van der Waals surface area contributed by atoms with Crippen molar-refractivity contribution in [3.8, 4) is 0 Å². The van der Waals surface area contributed by atoms with Crippen molar-refractivity contribution >= 4 is 17.2 Å². The molecular formula is C13H19NO2S. The van der Waals surface area contributed by atoms with Crippen LogP contribution < -0.4 is 0 Å². The Morgan fingerprint density at radius 2 is 2.24 bits per heavy atom.